The minimum absolute atomic E-state index is 0.0166. The molecule has 4 amide bonds. The average Bonchev–Trinajstić information content (AvgIpc) is 1.75. The number of nitrogens with two attached hydrogens (primary N) is 4. The highest BCUT2D eigenvalue weighted by Crippen LogP contribution is 2.51. The van der Waals surface area contributed by atoms with Gasteiger partial charge in [-0.1, -0.05) is 42.5 Å². The van der Waals surface area contributed by atoms with E-state index in [2.05, 4.69) is 106 Å². The van der Waals surface area contributed by atoms with Gasteiger partial charge >= 0.3 is 0 Å². The lowest BCUT2D eigenvalue weighted by Gasteiger charge is -2.46. The molecule has 7 atom stereocenters. The number of hydrogen-bond donors (Lipinski definition) is 4. The molecule has 3 fully saturated rings. The lowest BCUT2D eigenvalue weighted by molar-refractivity contribution is -0.137. The summed E-state index contributed by atoms with van der Waals surface area (Å²) in [6, 6.07) is 40.5. The summed E-state index contributed by atoms with van der Waals surface area (Å²) in [5.74, 6) is -2.03. The van der Waals surface area contributed by atoms with Crippen LogP contribution in [-0.4, -0.2) is 217 Å². The molecule has 0 radical (unpaired) electrons. The van der Waals surface area contributed by atoms with Crippen molar-refractivity contribution in [1.82, 2.24) is 49.2 Å². The number of guanidine groups is 4. The zero-order chi connectivity index (χ0) is 89.6. The lowest BCUT2D eigenvalue weighted by atomic mass is 9.70. The van der Waals surface area contributed by atoms with Crippen LogP contribution in [0.1, 0.15) is 102 Å². The van der Waals surface area contributed by atoms with Crippen LogP contribution < -0.4 is 27.8 Å². The highest BCUT2D eigenvalue weighted by atomic mass is 32.1. The van der Waals surface area contributed by atoms with Crippen LogP contribution in [0.2, 0.25) is 0 Å². The van der Waals surface area contributed by atoms with Crippen LogP contribution in [0.5, 0.6) is 0 Å². The molecule has 3 saturated heterocycles. The maximum absolute atomic E-state index is 15.1. The number of carbonyl (C=O) groups is 4. The van der Waals surface area contributed by atoms with Gasteiger partial charge < -0.3 is 47.4 Å². The van der Waals surface area contributed by atoms with Crippen LogP contribution in [0.4, 0.5) is 18.9 Å². The van der Waals surface area contributed by atoms with Crippen LogP contribution in [0.25, 0.3) is 44.5 Å². The quantitative estimate of drug-likeness (QED) is 0.0698. The van der Waals surface area contributed by atoms with Gasteiger partial charge in [0.2, 0.25) is 23.6 Å². The van der Waals surface area contributed by atoms with E-state index < -0.39 is 38.9 Å². The van der Waals surface area contributed by atoms with Crippen LogP contribution in [0, 0.1) is 85.8 Å². The number of hydrogen-bond acceptors (Lipinski definition) is 27. The van der Waals surface area contributed by atoms with E-state index in [-0.39, 0.29) is 99.1 Å². The number of aromatic nitrogens is 2. The van der Waals surface area contributed by atoms with E-state index in [4.69, 9.17) is 43.2 Å². The minimum atomic E-state index is -1.35. The molecule has 0 aliphatic carbocycles. The summed E-state index contributed by atoms with van der Waals surface area (Å²) in [5.41, 5.74) is 28.9. The van der Waals surface area contributed by atoms with Crippen LogP contribution in [-0.2, 0) is 41.3 Å². The Labute approximate surface area is 742 Å². The highest BCUT2D eigenvalue weighted by Gasteiger charge is 2.53. The molecule has 7 aliphatic rings. The van der Waals surface area contributed by atoms with E-state index in [0.717, 1.165) is 175 Å². The fourth-order valence-electron chi connectivity index (χ4n) is 17.1. The largest absolute Gasteiger partial charge is 0.369 e. The predicted octanol–water partition coefficient (Wildman–Crippen LogP) is 11.8. The fourth-order valence-corrected chi connectivity index (χ4v) is 21.3. The Balaban J connectivity index is 0.000000144. The van der Waals surface area contributed by atoms with Gasteiger partial charge in [-0.25, -0.2) is 38.7 Å². The monoisotopic (exact) mass is 1760 g/mol. The number of carbonyl (C=O) groups excluding carboxylic acids is 4. The molecule has 8 N–H and O–H groups in total. The first-order valence-corrected chi connectivity index (χ1v) is 44.5. The first-order chi connectivity index (χ1) is 59.7. The minimum Gasteiger partial charge on any atom is -0.369 e. The van der Waals surface area contributed by atoms with Crippen molar-refractivity contribution in [2.45, 2.75) is 82.0 Å². The Morgan fingerprint density at radius 3 is 1.31 bits per heavy atom. The Morgan fingerprint density at radius 1 is 0.472 bits per heavy atom. The van der Waals surface area contributed by atoms with Gasteiger partial charge in [-0.05, 0) is 208 Å². The molecule has 125 heavy (non-hydrogen) atoms. The number of piperazine rings is 2. The van der Waals surface area contributed by atoms with Crippen LogP contribution in [0.15, 0.2) is 164 Å². The Kier molecular flexibility index (Phi) is 27.7. The SMILES string of the molecule is CN1C(=O)C[C@@](C)(c2sc(F)c(-c3ccc(F)c(C#N)c3)c2F)N=C1N.CN1C(=O)[C@@H](C2CCN(c3cncnc3)CC2)[C@@](C)(c2cc(-c3cccc(C#N)c3)cs2)N=C1N.CN1CCN(CC[C@@H]2C(=O)N(C)C(N)=N[C@]2(C)c2cc(-c3cccc(C#N)c3)cs2)CC1.CN1CCN(CC[C@H]2C(=O)N(C)C(N)=N[C@]2(C)c2cc(-c3cccc(C#N)c3)cs2)CC1. The molecule has 7 aliphatic heterocycles. The molecule has 9 aromatic rings. The predicted molar refractivity (Wildman–Crippen MR) is 484 cm³/mol. The molecule has 0 saturated carbocycles. The van der Waals surface area contributed by atoms with Gasteiger partial charge in [0.15, 0.2) is 34.8 Å². The Hall–Kier alpha value is -12.1. The van der Waals surface area contributed by atoms with Gasteiger partial charge in [0, 0.05) is 108 Å². The average molecular weight is 1770 g/mol. The summed E-state index contributed by atoms with van der Waals surface area (Å²) in [5, 5.41) is 42.0. The maximum atomic E-state index is 15.1. The lowest BCUT2D eigenvalue weighted by Crippen LogP contribution is -2.56. The number of thiophene rings is 4. The number of likely N-dealkylation sites (N-methyl/N-ethyl adjacent to an activating group) is 2. The van der Waals surface area contributed by atoms with Gasteiger partial charge in [-0.15, -0.1) is 45.3 Å². The molecule has 27 nitrogen and oxygen atoms in total. The summed E-state index contributed by atoms with van der Waals surface area (Å²) < 4.78 is 43.1. The van der Waals surface area contributed by atoms with Crippen molar-refractivity contribution in [3.63, 3.8) is 0 Å². The first kappa shape index (κ1) is 90.6. The van der Waals surface area contributed by atoms with E-state index in [1.807, 2.05) is 87.8 Å². The van der Waals surface area contributed by atoms with Crippen LogP contribution >= 0.6 is 45.3 Å². The Morgan fingerprint density at radius 2 is 0.888 bits per heavy atom. The van der Waals surface area contributed by atoms with E-state index >= 15 is 4.39 Å². The number of anilines is 1. The third-order valence-electron chi connectivity index (χ3n) is 25.0. The molecule has 16 rings (SSSR count). The third kappa shape index (κ3) is 19.3. The molecular formula is C91H100F3N23O4S4. The summed E-state index contributed by atoms with van der Waals surface area (Å²) >= 11 is 5.30. The van der Waals surface area contributed by atoms with Crippen LogP contribution in [0.3, 0.4) is 0 Å². The molecule has 4 aromatic carbocycles. The number of piperidine rings is 1. The molecule has 34 heteroatoms. The van der Waals surface area contributed by atoms with Gasteiger partial charge in [0.1, 0.15) is 40.4 Å². The summed E-state index contributed by atoms with van der Waals surface area (Å²) in [6.45, 7) is 19.3. The van der Waals surface area contributed by atoms with Gasteiger partial charge in [-0.3, -0.25) is 38.8 Å². The van der Waals surface area contributed by atoms with E-state index in [1.54, 1.807) is 79.4 Å². The number of rotatable bonds is 16. The second-order valence-corrected chi connectivity index (χ2v) is 36.9. The van der Waals surface area contributed by atoms with E-state index in [1.165, 1.54) is 41.1 Å². The summed E-state index contributed by atoms with van der Waals surface area (Å²) in [4.78, 5) is 99.7. The number of nitriles is 4. The molecule has 0 bridgehead atoms. The smallest absolute Gasteiger partial charge is 0.235 e. The molecule has 648 valence electrons. The number of aliphatic imine (C=N–C) groups is 4. The number of benzene rings is 4. The number of amides is 4. The number of nitrogens with zero attached hydrogens (tertiary/aromatic N) is 19. The van der Waals surface area contributed by atoms with Crippen molar-refractivity contribution in [1.29, 1.82) is 21.0 Å². The maximum Gasteiger partial charge on any atom is 0.235 e. The first-order valence-electron chi connectivity index (χ1n) is 41.0. The summed E-state index contributed by atoms with van der Waals surface area (Å²) in [7, 11) is 10.9. The van der Waals surface area contributed by atoms with Crippen molar-refractivity contribution in [2.24, 2.45) is 66.6 Å². The topological polar surface area (TPSA) is 372 Å². The van der Waals surface area contributed by atoms with Crippen molar-refractivity contribution >= 4 is 98.5 Å². The molecule has 12 heterocycles. The van der Waals surface area contributed by atoms with Gasteiger partial charge in [0.25, 0.3) is 0 Å². The second kappa shape index (κ2) is 38.2. The van der Waals surface area contributed by atoms with E-state index in [9.17, 15) is 43.7 Å². The fraction of sp³-hybridized carbons (Fsp3) is 0.385. The third-order valence-corrected chi connectivity index (χ3v) is 29.7. The number of halogens is 3. The zero-order valence-corrected chi connectivity index (χ0v) is 74.7. The molecular weight excluding hydrogens is 1660 g/mol. The second-order valence-electron chi connectivity index (χ2n) is 33.2. The zero-order valence-electron chi connectivity index (χ0n) is 71.4. The molecule has 5 aromatic heterocycles. The Bertz CT molecular complexity index is 5670. The van der Waals surface area contributed by atoms with Gasteiger partial charge in [0.05, 0.1) is 93.2 Å². The van der Waals surface area contributed by atoms with Gasteiger partial charge in [-0.2, -0.15) is 25.4 Å². The highest BCUT2D eigenvalue weighted by molar-refractivity contribution is 7.11. The standard InChI is InChI=1S/C26H27N7OS.2C24H30N6OS.C17H13F3N4OS/c1-26(22-11-20(15-35-22)19-5-3-4-17(10-19)12-27)23(24(34)32(2)25(28)31-26)18-6-8-33(9-7-18)21-13-29-16-30-14-21;2*1-24(21-14-19(16-32-21)18-6-4-5-17(13-18)15-25)20(22(31)29(3)23(26)27-24)7-8-30-11-9-28(2)10-12-30;1-17(6-11(25)24(2)16(22)23-17)14-13(19)12(15(20)26-14)8-3-4-10(18)9(5-8)7-21/h3-5,10-11,13-16,18,23H,6-9H2,1-2H3,(H2,28,31);2*4-6,13-14,16,20H,7-12H2,1-3H3,(H2,26,27);3-5H,6H2,1-2H3,(H2,22,23)/t23-,26-;20-,24+;20-,24-;17-/m1100/s1. The van der Waals surface area contributed by atoms with Crippen molar-refractivity contribution in [3.8, 4) is 68.8 Å². The summed E-state index contributed by atoms with van der Waals surface area (Å²) in [6.07, 6.45) is 8.22. The van der Waals surface area contributed by atoms with Crippen molar-refractivity contribution in [2.75, 3.05) is 126 Å². The molecule has 0 spiro atoms. The van der Waals surface area contributed by atoms with Crippen molar-refractivity contribution in [3.05, 3.63) is 203 Å². The molecule has 0 unspecified atom stereocenters. The van der Waals surface area contributed by atoms with E-state index in [0.29, 0.717) is 28.0 Å². The van der Waals surface area contributed by atoms with Crippen molar-refractivity contribution < 1.29 is 32.3 Å². The normalized spacial score (nSPS) is 23.4.